The van der Waals surface area contributed by atoms with Gasteiger partial charge >= 0.3 is 6.09 Å². The topological polar surface area (TPSA) is 85.6 Å². The molecule has 6 nitrogen and oxygen atoms in total. The second-order valence-corrected chi connectivity index (χ2v) is 5.73. The molecule has 0 aliphatic carbocycles. The van der Waals surface area contributed by atoms with Crippen LogP contribution in [0, 0.1) is 0 Å². The maximum absolute atomic E-state index is 11.7. The van der Waals surface area contributed by atoms with Crippen molar-refractivity contribution in [2.75, 3.05) is 20.2 Å². The molecule has 0 aromatic carbocycles. The van der Waals surface area contributed by atoms with Crippen LogP contribution in [-0.2, 0) is 9.47 Å². The normalized spacial score (nSPS) is 16.6. The van der Waals surface area contributed by atoms with Crippen LogP contribution in [0.4, 0.5) is 4.79 Å². The van der Waals surface area contributed by atoms with Gasteiger partial charge in [0.1, 0.15) is 5.60 Å². The zero-order chi connectivity index (χ0) is 15.1. The lowest BCUT2D eigenvalue weighted by atomic mass is 10.1. The molecule has 0 saturated carbocycles. The zero-order valence-electron chi connectivity index (χ0n) is 12.9. The second kappa shape index (κ2) is 8.35. The van der Waals surface area contributed by atoms with Crippen molar-refractivity contribution in [2.45, 2.75) is 58.4 Å². The fourth-order valence-electron chi connectivity index (χ4n) is 1.46. The van der Waals surface area contributed by atoms with Crippen molar-refractivity contribution in [3.05, 3.63) is 0 Å². The molecule has 1 amide bonds. The first-order valence-electron chi connectivity index (χ1n) is 6.65. The minimum atomic E-state index is -0.500. The third-order valence-corrected chi connectivity index (χ3v) is 2.67. The molecule has 114 valence electrons. The first-order valence-corrected chi connectivity index (χ1v) is 6.65. The van der Waals surface area contributed by atoms with E-state index in [9.17, 15) is 4.79 Å². The van der Waals surface area contributed by atoms with Crippen molar-refractivity contribution >= 4 is 6.09 Å². The van der Waals surface area contributed by atoms with Crippen molar-refractivity contribution in [3.63, 3.8) is 0 Å². The van der Waals surface area contributed by atoms with E-state index < -0.39 is 11.7 Å². The van der Waals surface area contributed by atoms with Gasteiger partial charge in [-0.3, -0.25) is 0 Å². The Morgan fingerprint density at radius 2 is 1.89 bits per heavy atom. The Labute approximate surface area is 116 Å². The number of hydrogen-bond acceptors (Lipinski definition) is 5. The lowest BCUT2D eigenvalue weighted by Crippen LogP contribution is -2.54. The Morgan fingerprint density at radius 1 is 1.32 bits per heavy atom. The summed E-state index contributed by atoms with van der Waals surface area (Å²) >= 11 is 0. The lowest BCUT2D eigenvalue weighted by molar-refractivity contribution is 0.0496. The van der Waals surface area contributed by atoms with Crippen LogP contribution in [-0.4, -0.2) is 50.1 Å². The van der Waals surface area contributed by atoms with Crippen molar-refractivity contribution in [3.8, 4) is 0 Å². The Bertz CT molecular complexity index is 266. The number of nitrogens with one attached hydrogen (secondary N) is 2. The highest BCUT2D eigenvalue weighted by Gasteiger charge is 2.22. The van der Waals surface area contributed by atoms with Crippen LogP contribution in [0.15, 0.2) is 0 Å². The molecule has 0 spiro atoms. The minimum Gasteiger partial charge on any atom is -0.444 e. The molecule has 0 aromatic rings. The number of hydrogen-bond donors (Lipinski definition) is 3. The molecule has 0 aliphatic heterocycles. The van der Waals surface area contributed by atoms with Gasteiger partial charge in [0.2, 0.25) is 0 Å². The summed E-state index contributed by atoms with van der Waals surface area (Å²) < 4.78 is 10.4. The molecule has 0 rings (SSSR count). The van der Waals surface area contributed by atoms with Gasteiger partial charge in [-0.25, -0.2) is 4.79 Å². The van der Waals surface area contributed by atoms with Gasteiger partial charge in [-0.2, -0.15) is 0 Å². The van der Waals surface area contributed by atoms with Gasteiger partial charge in [0.25, 0.3) is 0 Å². The van der Waals surface area contributed by atoms with Crippen LogP contribution in [0.2, 0.25) is 0 Å². The van der Waals surface area contributed by atoms with Gasteiger partial charge in [-0.1, -0.05) is 0 Å². The van der Waals surface area contributed by atoms with Crippen molar-refractivity contribution in [1.29, 1.82) is 0 Å². The first-order chi connectivity index (χ1) is 8.69. The van der Waals surface area contributed by atoms with Crippen molar-refractivity contribution in [1.82, 2.24) is 10.6 Å². The summed E-state index contributed by atoms with van der Waals surface area (Å²) in [5, 5.41) is 6.05. The molecular formula is C13H29N3O3. The summed E-state index contributed by atoms with van der Waals surface area (Å²) in [5.41, 5.74) is 5.21. The van der Waals surface area contributed by atoms with Crippen LogP contribution in [0.1, 0.15) is 34.6 Å². The summed E-state index contributed by atoms with van der Waals surface area (Å²) in [6, 6.07) is -0.144. The van der Waals surface area contributed by atoms with E-state index in [1.807, 2.05) is 34.6 Å². The Morgan fingerprint density at radius 3 is 2.32 bits per heavy atom. The van der Waals surface area contributed by atoms with Crippen molar-refractivity contribution < 1.29 is 14.3 Å². The standard InChI is InChI=1S/C13H29N3O3/c1-9(18-6)8-15-11(7-14)10(2)16-12(17)19-13(3,4)5/h9-11,15H,7-8,14H2,1-6H3,(H,16,17). The smallest absolute Gasteiger partial charge is 0.407 e. The third-order valence-electron chi connectivity index (χ3n) is 2.67. The molecule has 0 saturated heterocycles. The molecule has 0 fully saturated rings. The van der Waals surface area contributed by atoms with Crippen LogP contribution in [0.5, 0.6) is 0 Å². The van der Waals surface area contributed by atoms with Crippen LogP contribution in [0.25, 0.3) is 0 Å². The molecule has 6 heteroatoms. The number of rotatable bonds is 7. The van der Waals surface area contributed by atoms with E-state index >= 15 is 0 Å². The quantitative estimate of drug-likeness (QED) is 0.641. The summed E-state index contributed by atoms with van der Waals surface area (Å²) in [4.78, 5) is 11.7. The van der Waals surface area contributed by atoms with Gasteiger partial charge in [0.15, 0.2) is 0 Å². The first kappa shape index (κ1) is 18.1. The summed E-state index contributed by atoms with van der Waals surface area (Å²) in [6.07, 6.45) is -0.331. The molecule has 3 unspecified atom stereocenters. The molecule has 0 aliphatic rings. The van der Waals surface area contributed by atoms with E-state index in [0.29, 0.717) is 13.1 Å². The number of nitrogens with two attached hydrogens (primary N) is 1. The number of carbonyl (C=O) groups excluding carboxylic acids is 1. The van der Waals surface area contributed by atoms with E-state index in [4.69, 9.17) is 15.2 Å². The molecular weight excluding hydrogens is 246 g/mol. The van der Waals surface area contributed by atoms with E-state index in [1.165, 1.54) is 0 Å². The molecule has 0 heterocycles. The van der Waals surface area contributed by atoms with Gasteiger partial charge in [-0.05, 0) is 34.6 Å². The molecule has 0 bridgehead atoms. The second-order valence-electron chi connectivity index (χ2n) is 5.73. The maximum Gasteiger partial charge on any atom is 0.407 e. The molecule has 0 radical (unpaired) electrons. The van der Waals surface area contributed by atoms with Gasteiger partial charge in [-0.15, -0.1) is 0 Å². The maximum atomic E-state index is 11.7. The van der Waals surface area contributed by atoms with Crippen LogP contribution >= 0.6 is 0 Å². The highest BCUT2D eigenvalue weighted by Crippen LogP contribution is 2.07. The zero-order valence-corrected chi connectivity index (χ0v) is 12.9. The number of ether oxygens (including phenoxy) is 2. The largest absolute Gasteiger partial charge is 0.444 e. The highest BCUT2D eigenvalue weighted by atomic mass is 16.6. The Balaban J connectivity index is 4.20. The minimum absolute atomic E-state index is 0.0230. The predicted molar refractivity (Wildman–Crippen MR) is 76.1 cm³/mol. The molecule has 0 aromatic heterocycles. The van der Waals surface area contributed by atoms with Gasteiger partial charge in [0.05, 0.1) is 6.10 Å². The monoisotopic (exact) mass is 275 g/mol. The van der Waals surface area contributed by atoms with Crippen LogP contribution in [0.3, 0.4) is 0 Å². The van der Waals surface area contributed by atoms with E-state index in [0.717, 1.165) is 0 Å². The highest BCUT2D eigenvalue weighted by molar-refractivity contribution is 5.68. The van der Waals surface area contributed by atoms with Gasteiger partial charge < -0.3 is 25.8 Å². The van der Waals surface area contributed by atoms with E-state index in [2.05, 4.69) is 10.6 Å². The average molecular weight is 275 g/mol. The Hall–Kier alpha value is -0.850. The fraction of sp³-hybridized carbons (Fsp3) is 0.923. The van der Waals surface area contributed by atoms with Crippen molar-refractivity contribution in [2.24, 2.45) is 5.73 Å². The number of methoxy groups -OCH3 is 1. The van der Waals surface area contributed by atoms with E-state index in [-0.39, 0.29) is 18.2 Å². The SMILES string of the molecule is COC(C)CNC(CN)C(C)NC(=O)OC(C)(C)C. The molecule has 19 heavy (non-hydrogen) atoms. The van der Waals surface area contributed by atoms with Crippen LogP contribution < -0.4 is 16.4 Å². The molecule has 4 N–H and O–H groups in total. The predicted octanol–water partition coefficient (Wildman–Crippen LogP) is 0.851. The third kappa shape index (κ3) is 8.80. The lowest BCUT2D eigenvalue weighted by Gasteiger charge is -2.27. The number of amides is 1. The number of carbonyl (C=O) groups is 1. The Kier molecular flexibility index (Phi) is 7.97. The summed E-state index contributed by atoms with van der Waals surface area (Å²) in [5.74, 6) is 0. The number of alkyl carbamates (subject to hydrolysis) is 1. The summed E-state index contributed by atoms with van der Waals surface area (Å²) in [6.45, 7) is 10.5. The molecule has 3 atom stereocenters. The fourth-order valence-corrected chi connectivity index (χ4v) is 1.46. The van der Waals surface area contributed by atoms with Gasteiger partial charge in [0, 0.05) is 32.3 Å². The average Bonchev–Trinajstić information content (AvgIpc) is 2.26. The van der Waals surface area contributed by atoms with E-state index in [1.54, 1.807) is 7.11 Å². The summed E-state index contributed by atoms with van der Waals surface area (Å²) in [7, 11) is 1.66.